The van der Waals surface area contributed by atoms with E-state index in [1.165, 1.54) is 22.9 Å². The molecule has 136 valence electrons. The van der Waals surface area contributed by atoms with Crippen molar-refractivity contribution in [3.63, 3.8) is 0 Å². The van der Waals surface area contributed by atoms with Gasteiger partial charge >= 0.3 is 5.97 Å². The number of aromatic nitrogens is 1. The van der Waals surface area contributed by atoms with Crippen molar-refractivity contribution in [2.45, 2.75) is 19.0 Å². The Kier molecular flexibility index (Phi) is 7.44. The molecule has 0 saturated carbocycles. The third-order valence-electron chi connectivity index (χ3n) is 3.16. The molecule has 0 aliphatic carbocycles. The van der Waals surface area contributed by atoms with E-state index >= 15 is 0 Å². The lowest BCUT2D eigenvalue weighted by Gasteiger charge is -2.09. The Morgan fingerprint density at radius 1 is 1.12 bits per heavy atom. The van der Waals surface area contributed by atoms with Crippen LogP contribution < -0.4 is 16.9 Å². The second kappa shape index (κ2) is 9.30. The van der Waals surface area contributed by atoms with E-state index in [2.05, 4.69) is 0 Å². The van der Waals surface area contributed by atoms with Crippen molar-refractivity contribution in [2.24, 2.45) is 11.5 Å². The minimum atomic E-state index is -1.14. The van der Waals surface area contributed by atoms with E-state index in [1.807, 2.05) is 0 Å². The molecule has 1 aromatic carbocycles. The van der Waals surface area contributed by atoms with Crippen LogP contribution in [0.25, 0.3) is 0 Å². The van der Waals surface area contributed by atoms with Crippen LogP contribution in [0, 0.1) is 0 Å². The first-order chi connectivity index (χ1) is 11.7. The number of nitrogens with two attached hydrogens (primary N) is 2. The summed E-state index contributed by atoms with van der Waals surface area (Å²) < 4.78 is 1.34. The van der Waals surface area contributed by atoms with Gasteiger partial charge in [0.25, 0.3) is 0 Å². The maximum Gasteiger partial charge on any atom is 0.322 e. The molecule has 0 aliphatic heterocycles. The minimum absolute atomic E-state index is 0.00315. The highest BCUT2D eigenvalue weighted by atomic mass is 16.4. The molecule has 8 N–H and O–H groups in total. The number of aromatic hydroxyl groups is 3. The highest BCUT2D eigenvalue weighted by molar-refractivity contribution is 5.72. The molecule has 1 atom stereocenters. The number of carbonyl (C=O) groups is 1. The number of hydrogen-bond acceptors (Lipinski definition) is 7. The Morgan fingerprint density at radius 2 is 1.80 bits per heavy atom. The predicted octanol–water partition coefficient (Wildman–Crippen LogP) is -0.435. The van der Waals surface area contributed by atoms with Gasteiger partial charge in [0.2, 0.25) is 5.43 Å². The van der Waals surface area contributed by atoms with Gasteiger partial charge in [-0.1, -0.05) is 6.07 Å². The van der Waals surface area contributed by atoms with Gasteiger partial charge in [-0.15, -0.1) is 0 Å². The van der Waals surface area contributed by atoms with Crippen molar-refractivity contribution >= 4 is 5.97 Å². The highest BCUT2D eigenvalue weighted by Gasteiger charge is 2.11. The number of aliphatic carboxylic acids is 1. The van der Waals surface area contributed by atoms with Gasteiger partial charge in [0.1, 0.15) is 6.04 Å². The predicted molar refractivity (Wildman–Crippen MR) is 90.5 cm³/mol. The van der Waals surface area contributed by atoms with E-state index in [0.717, 1.165) is 17.8 Å². The Labute approximate surface area is 143 Å². The topological polar surface area (TPSA) is 172 Å². The normalized spacial score (nSPS) is 11.3. The van der Waals surface area contributed by atoms with Crippen molar-refractivity contribution in [1.82, 2.24) is 4.57 Å². The maximum absolute atomic E-state index is 10.8. The molecular weight excluding hydrogens is 330 g/mol. The van der Waals surface area contributed by atoms with Crippen LogP contribution in [-0.4, -0.2) is 43.5 Å². The average molecular weight is 351 g/mol. The SMILES string of the molecule is NCCc1ccc(O)c(O)c1.N[C@@H](Cn1ccc(=O)c(O)c1)C(=O)O. The molecule has 2 aromatic rings. The molecular formula is C16H21N3O6. The summed E-state index contributed by atoms with van der Waals surface area (Å²) in [5.41, 5.74) is 11.0. The molecule has 9 nitrogen and oxygen atoms in total. The lowest BCUT2D eigenvalue weighted by Crippen LogP contribution is -2.34. The number of phenols is 2. The molecule has 0 fully saturated rings. The zero-order chi connectivity index (χ0) is 19.0. The van der Waals surface area contributed by atoms with E-state index in [1.54, 1.807) is 6.07 Å². The molecule has 25 heavy (non-hydrogen) atoms. The lowest BCUT2D eigenvalue weighted by atomic mass is 10.1. The fourth-order valence-corrected chi connectivity index (χ4v) is 1.82. The Bertz CT molecular complexity index is 775. The van der Waals surface area contributed by atoms with Crippen molar-refractivity contribution in [1.29, 1.82) is 0 Å². The lowest BCUT2D eigenvalue weighted by molar-refractivity contribution is -0.138. The number of benzene rings is 1. The van der Waals surface area contributed by atoms with Gasteiger partial charge in [-0.05, 0) is 30.7 Å². The molecule has 0 amide bonds. The number of phenolic OH excluding ortho intramolecular Hbond substituents is 2. The number of hydrogen-bond donors (Lipinski definition) is 6. The van der Waals surface area contributed by atoms with Crippen molar-refractivity contribution < 1.29 is 25.2 Å². The highest BCUT2D eigenvalue weighted by Crippen LogP contribution is 2.24. The average Bonchev–Trinajstić information content (AvgIpc) is 2.55. The first-order valence-electron chi connectivity index (χ1n) is 7.33. The van der Waals surface area contributed by atoms with E-state index in [4.69, 9.17) is 31.9 Å². The summed E-state index contributed by atoms with van der Waals surface area (Å²) in [4.78, 5) is 21.2. The van der Waals surface area contributed by atoms with E-state index in [0.29, 0.717) is 13.0 Å². The van der Waals surface area contributed by atoms with Gasteiger partial charge < -0.3 is 36.5 Å². The van der Waals surface area contributed by atoms with Crippen molar-refractivity contribution in [3.8, 4) is 17.2 Å². The van der Waals surface area contributed by atoms with Crippen molar-refractivity contribution in [3.05, 3.63) is 52.4 Å². The summed E-state index contributed by atoms with van der Waals surface area (Å²) in [5, 5.41) is 35.5. The van der Waals surface area contributed by atoms with Crippen LogP contribution in [0.1, 0.15) is 5.56 Å². The van der Waals surface area contributed by atoms with Gasteiger partial charge in [0.05, 0.1) is 0 Å². The molecule has 0 radical (unpaired) electrons. The third-order valence-corrected chi connectivity index (χ3v) is 3.16. The summed E-state index contributed by atoms with van der Waals surface area (Å²) in [6, 6.07) is 4.80. The summed E-state index contributed by atoms with van der Waals surface area (Å²) in [6.45, 7) is 0.549. The summed E-state index contributed by atoms with van der Waals surface area (Å²) in [7, 11) is 0. The van der Waals surface area contributed by atoms with Crippen LogP contribution in [0.3, 0.4) is 0 Å². The van der Waals surface area contributed by atoms with Crippen LogP contribution in [0.15, 0.2) is 41.5 Å². The molecule has 0 unspecified atom stereocenters. The Morgan fingerprint density at radius 3 is 2.32 bits per heavy atom. The number of pyridine rings is 1. The van der Waals surface area contributed by atoms with Gasteiger partial charge in [0.15, 0.2) is 17.2 Å². The molecule has 0 aliphatic rings. The molecule has 9 heteroatoms. The second-order valence-corrected chi connectivity index (χ2v) is 5.20. The molecule has 0 spiro atoms. The van der Waals surface area contributed by atoms with Gasteiger partial charge in [-0.25, -0.2) is 0 Å². The first kappa shape index (κ1) is 20.0. The monoisotopic (exact) mass is 351 g/mol. The summed E-state index contributed by atoms with van der Waals surface area (Å²) >= 11 is 0. The minimum Gasteiger partial charge on any atom is -0.504 e. The van der Waals surface area contributed by atoms with Crippen LogP contribution in [0.5, 0.6) is 17.2 Å². The Hall–Kier alpha value is -3.04. The van der Waals surface area contributed by atoms with Crippen LogP contribution in [0.2, 0.25) is 0 Å². The fourth-order valence-electron chi connectivity index (χ4n) is 1.82. The van der Waals surface area contributed by atoms with Crippen molar-refractivity contribution in [2.75, 3.05) is 6.54 Å². The number of nitrogens with zero attached hydrogens (tertiary/aromatic N) is 1. The number of carboxylic acid groups (broad SMARTS) is 1. The van der Waals surface area contributed by atoms with E-state index < -0.39 is 23.2 Å². The van der Waals surface area contributed by atoms with Gasteiger partial charge in [0, 0.05) is 25.0 Å². The van der Waals surface area contributed by atoms with E-state index in [9.17, 15) is 9.59 Å². The summed E-state index contributed by atoms with van der Waals surface area (Å²) in [6.07, 6.45) is 3.23. The van der Waals surface area contributed by atoms with Crippen LogP contribution in [0.4, 0.5) is 0 Å². The molecule has 0 bridgehead atoms. The van der Waals surface area contributed by atoms with E-state index in [-0.39, 0.29) is 18.0 Å². The van der Waals surface area contributed by atoms with Crippen LogP contribution in [-0.2, 0) is 17.8 Å². The molecule has 2 rings (SSSR count). The zero-order valence-corrected chi connectivity index (χ0v) is 13.4. The quantitative estimate of drug-likeness (QED) is 0.393. The second-order valence-electron chi connectivity index (χ2n) is 5.20. The smallest absolute Gasteiger partial charge is 0.322 e. The maximum atomic E-state index is 10.8. The van der Waals surface area contributed by atoms with Gasteiger partial charge in [-0.2, -0.15) is 0 Å². The molecule has 0 saturated heterocycles. The molecule has 1 heterocycles. The fraction of sp³-hybridized carbons (Fsp3) is 0.250. The van der Waals surface area contributed by atoms with Crippen LogP contribution >= 0.6 is 0 Å². The number of rotatable bonds is 5. The summed E-state index contributed by atoms with van der Waals surface area (Å²) in [5.74, 6) is -1.74. The zero-order valence-electron chi connectivity index (χ0n) is 13.4. The third kappa shape index (κ3) is 6.53. The first-order valence-corrected chi connectivity index (χ1v) is 7.33. The Balaban J connectivity index is 0.000000257. The standard InChI is InChI=1S/C8H10N2O4.C8H11NO2/c9-5(8(13)14)3-10-2-1-6(11)7(12)4-10;9-4-3-6-1-2-7(10)8(11)5-6/h1-2,4-5,12H,3,9H2,(H,13,14);1-2,5,10-11H,3-4,9H2/t5-;/m0./s1. The largest absolute Gasteiger partial charge is 0.504 e. The molecule has 1 aromatic heterocycles. The number of carboxylic acids is 1. The van der Waals surface area contributed by atoms with Gasteiger partial charge in [-0.3, -0.25) is 9.59 Å².